The molecule has 1 aromatic carbocycles. The summed E-state index contributed by atoms with van der Waals surface area (Å²) in [5.74, 6) is 0.370. The Bertz CT molecular complexity index is 447. The number of amides is 1. The molecule has 1 amide bonds. The van der Waals surface area contributed by atoms with E-state index in [2.05, 4.69) is 21.2 Å². The van der Waals surface area contributed by atoms with Gasteiger partial charge in [-0.15, -0.1) is 0 Å². The van der Waals surface area contributed by atoms with E-state index in [1.54, 1.807) is 0 Å². The van der Waals surface area contributed by atoms with Gasteiger partial charge in [-0.2, -0.15) is 0 Å². The lowest BCUT2D eigenvalue weighted by molar-refractivity contribution is 0.0945. The van der Waals surface area contributed by atoms with Crippen molar-refractivity contribution in [3.63, 3.8) is 0 Å². The first kappa shape index (κ1) is 13.6. The fraction of sp³-hybridized carbons (Fsp3) is 0.500. The Labute approximate surface area is 116 Å². The van der Waals surface area contributed by atoms with E-state index in [0.717, 1.165) is 29.3 Å². The van der Waals surface area contributed by atoms with E-state index in [0.29, 0.717) is 18.0 Å². The van der Waals surface area contributed by atoms with E-state index < -0.39 is 0 Å². The van der Waals surface area contributed by atoms with Gasteiger partial charge in [-0.1, -0.05) is 22.0 Å². The summed E-state index contributed by atoms with van der Waals surface area (Å²) >= 11 is 3.43. The first-order valence-corrected chi connectivity index (χ1v) is 7.08. The van der Waals surface area contributed by atoms with E-state index >= 15 is 0 Å². The minimum Gasteiger partial charge on any atom is -0.393 e. The number of aliphatic hydroxyl groups is 1. The van der Waals surface area contributed by atoms with Crippen molar-refractivity contribution in [1.82, 2.24) is 5.32 Å². The molecule has 1 fully saturated rings. The number of carbonyl (C=O) groups is 1. The van der Waals surface area contributed by atoms with Crippen LogP contribution in [-0.4, -0.2) is 23.7 Å². The van der Waals surface area contributed by atoms with Crippen molar-refractivity contribution in [1.29, 1.82) is 0 Å². The van der Waals surface area contributed by atoms with Crippen LogP contribution in [-0.2, 0) is 0 Å². The number of aryl methyl sites for hydroxylation is 1. The zero-order chi connectivity index (χ0) is 13.1. The zero-order valence-corrected chi connectivity index (χ0v) is 12.0. The van der Waals surface area contributed by atoms with Crippen LogP contribution in [0.2, 0.25) is 0 Å². The van der Waals surface area contributed by atoms with Gasteiger partial charge in [0.1, 0.15) is 0 Å². The van der Waals surface area contributed by atoms with Gasteiger partial charge in [-0.25, -0.2) is 0 Å². The van der Waals surface area contributed by atoms with Crippen molar-refractivity contribution in [3.8, 4) is 0 Å². The molecule has 0 saturated heterocycles. The SMILES string of the molecule is Cc1ccc(C(=O)NCC2CCC(O)C2)cc1Br. The molecule has 0 bridgehead atoms. The Hall–Kier alpha value is -0.870. The molecule has 3 nitrogen and oxygen atoms in total. The van der Waals surface area contributed by atoms with Gasteiger partial charge >= 0.3 is 0 Å². The van der Waals surface area contributed by atoms with Crippen LogP contribution in [0.15, 0.2) is 22.7 Å². The van der Waals surface area contributed by atoms with Gasteiger partial charge in [0.05, 0.1) is 6.10 Å². The van der Waals surface area contributed by atoms with Gasteiger partial charge in [0.25, 0.3) is 5.91 Å². The fourth-order valence-corrected chi connectivity index (χ4v) is 2.69. The van der Waals surface area contributed by atoms with Gasteiger partial charge in [-0.3, -0.25) is 4.79 Å². The van der Waals surface area contributed by atoms with E-state index in [4.69, 9.17) is 0 Å². The Morgan fingerprint density at radius 1 is 1.50 bits per heavy atom. The van der Waals surface area contributed by atoms with Crippen LogP contribution in [0, 0.1) is 12.8 Å². The predicted octanol–water partition coefficient (Wildman–Crippen LogP) is 2.65. The number of nitrogens with one attached hydrogen (secondary N) is 1. The third-order valence-corrected chi connectivity index (χ3v) is 4.35. The maximum absolute atomic E-state index is 12.0. The number of hydrogen-bond donors (Lipinski definition) is 2. The van der Waals surface area contributed by atoms with Gasteiger partial charge in [0.15, 0.2) is 0 Å². The van der Waals surface area contributed by atoms with Crippen LogP contribution in [0.3, 0.4) is 0 Å². The standard InChI is InChI=1S/C14H18BrNO2/c1-9-2-4-11(7-13(9)15)14(18)16-8-10-3-5-12(17)6-10/h2,4,7,10,12,17H,3,5-6,8H2,1H3,(H,16,18). The average molecular weight is 312 g/mol. The number of rotatable bonds is 3. The van der Waals surface area contributed by atoms with Crippen LogP contribution in [0.1, 0.15) is 35.2 Å². The number of hydrogen-bond acceptors (Lipinski definition) is 2. The summed E-state index contributed by atoms with van der Waals surface area (Å²) in [6.07, 6.45) is 2.48. The second-order valence-electron chi connectivity index (χ2n) is 5.01. The zero-order valence-electron chi connectivity index (χ0n) is 10.4. The summed E-state index contributed by atoms with van der Waals surface area (Å²) in [6, 6.07) is 5.60. The van der Waals surface area contributed by atoms with E-state index in [1.165, 1.54) is 0 Å². The molecule has 2 atom stereocenters. The summed E-state index contributed by atoms with van der Waals surface area (Å²) < 4.78 is 0.950. The Balaban J connectivity index is 1.89. The minimum absolute atomic E-state index is 0.0444. The average Bonchev–Trinajstić information content (AvgIpc) is 2.75. The van der Waals surface area contributed by atoms with Gasteiger partial charge in [0, 0.05) is 16.6 Å². The second kappa shape index (κ2) is 5.85. The molecule has 0 aliphatic heterocycles. The number of aliphatic hydroxyl groups excluding tert-OH is 1. The van der Waals surface area contributed by atoms with Gasteiger partial charge < -0.3 is 10.4 Å². The minimum atomic E-state index is -0.180. The molecule has 98 valence electrons. The molecule has 0 radical (unpaired) electrons. The Morgan fingerprint density at radius 2 is 2.28 bits per heavy atom. The Morgan fingerprint density at radius 3 is 2.89 bits per heavy atom. The topological polar surface area (TPSA) is 49.3 Å². The van der Waals surface area contributed by atoms with Crippen molar-refractivity contribution in [3.05, 3.63) is 33.8 Å². The summed E-state index contributed by atoms with van der Waals surface area (Å²) in [5, 5.41) is 12.4. The van der Waals surface area contributed by atoms with Crippen molar-refractivity contribution in [2.24, 2.45) is 5.92 Å². The highest BCUT2D eigenvalue weighted by Crippen LogP contribution is 2.24. The molecule has 18 heavy (non-hydrogen) atoms. The quantitative estimate of drug-likeness (QED) is 0.901. The van der Waals surface area contributed by atoms with E-state index in [9.17, 15) is 9.90 Å². The largest absolute Gasteiger partial charge is 0.393 e. The van der Waals surface area contributed by atoms with E-state index in [1.807, 2.05) is 25.1 Å². The highest BCUT2D eigenvalue weighted by atomic mass is 79.9. The first-order chi connectivity index (χ1) is 8.56. The smallest absolute Gasteiger partial charge is 0.251 e. The van der Waals surface area contributed by atoms with Crippen LogP contribution < -0.4 is 5.32 Å². The molecule has 2 rings (SSSR count). The number of benzene rings is 1. The van der Waals surface area contributed by atoms with Gasteiger partial charge in [-0.05, 0) is 49.8 Å². The maximum Gasteiger partial charge on any atom is 0.251 e. The number of halogens is 1. The van der Waals surface area contributed by atoms with Crippen molar-refractivity contribution >= 4 is 21.8 Å². The predicted molar refractivity (Wildman–Crippen MR) is 74.6 cm³/mol. The lowest BCUT2D eigenvalue weighted by Crippen LogP contribution is -2.28. The lowest BCUT2D eigenvalue weighted by atomic mass is 10.1. The fourth-order valence-electron chi connectivity index (χ4n) is 2.31. The van der Waals surface area contributed by atoms with Gasteiger partial charge in [0.2, 0.25) is 0 Å². The van der Waals surface area contributed by atoms with Crippen LogP contribution in [0.25, 0.3) is 0 Å². The van der Waals surface area contributed by atoms with Crippen LogP contribution >= 0.6 is 15.9 Å². The molecular formula is C14H18BrNO2. The molecule has 1 saturated carbocycles. The first-order valence-electron chi connectivity index (χ1n) is 6.28. The molecule has 2 N–H and O–H groups in total. The van der Waals surface area contributed by atoms with E-state index in [-0.39, 0.29) is 12.0 Å². The summed E-state index contributed by atoms with van der Waals surface area (Å²) in [4.78, 5) is 12.0. The monoisotopic (exact) mass is 311 g/mol. The molecule has 1 aliphatic rings. The van der Waals surface area contributed by atoms with Crippen molar-refractivity contribution in [2.75, 3.05) is 6.54 Å². The normalized spacial score (nSPS) is 23.1. The van der Waals surface area contributed by atoms with Crippen molar-refractivity contribution < 1.29 is 9.90 Å². The maximum atomic E-state index is 12.0. The molecule has 0 spiro atoms. The molecule has 0 heterocycles. The molecular weight excluding hydrogens is 294 g/mol. The third-order valence-electron chi connectivity index (χ3n) is 3.50. The summed E-state index contributed by atoms with van der Waals surface area (Å²) in [7, 11) is 0. The number of carbonyl (C=O) groups excluding carboxylic acids is 1. The van der Waals surface area contributed by atoms with Crippen LogP contribution in [0.4, 0.5) is 0 Å². The highest BCUT2D eigenvalue weighted by molar-refractivity contribution is 9.10. The third kappa shape index (κ3) is 3.33. The van der Waals surface area contributed by atoms with Crippen molar-refractivity contribution in [2.45, 2.75) is 32.3 Å². The molecule has 1 aromatic rings. The second-order valence-corrected chi connectivity index (χ2v) is 5.86. The van der Waals surface area contributed by atoms with Crippen LogP contribution in [0.5, 0.6) is 0 Å². The molecule has 0 aromatic heterocycles. The lowest BCUT2D eigenvalue weighted by Gasteiger charge is -2.11. The summed E-state index contributed by atoms with van der Waals surface area (Å²) in [6.45, 7) is 2.65. The molecule has 2 unspecified atom stereocenters. The molecule has 1 aliphatic carbocycles. The Kier molecular flexibility index (Phi) is 4.40. The highest BCUT2D eigenvalue weighted by Gasteiger charge is 2.23. The summed E-state index contributed by atoms with van der Waals surface area (Å²) in [5.41, 5.74) is 1.79. The molecule has 4 heteroatoms.